The standard InChI is InChI=1S/C15H19N3O/c1-2-16-13(15-17-8-9-18-15)12-7-3-5-11-6-4-10-19-14(11)12/h3,5,7-9,13,16H,2,4,6,10H2,1H3,(H,17,18). The van der Waals surface area contributed by atoms with Gasteiger partial charge in [-0.3, -0.25) is 0 Å². The summed E-state index contributed by atoms with van der Waals surface area (Å²) in [5.74, 6) is 1.97. The first-order valence-corrected chi connectivity index (χ1v) is 6.87. The van der Waals surface area contributed by atoms with E-state index in [9.17, 15) is 0 Å². The van der Waals surface area contributed by atoms with Crippen molar-refractivity contribution in [1.29, 1.82) is 0 Å². The zero-order valence-corrected chi connectivity index (χ0v) is 11.1. The van der Waals surface area contributed by atoms with Gasteiger partial charge >= 0.3 is 0 Å². The fraction of sp³-hybridized carbons (Fsp3) is 0.400. The molecule has 2 heterocycles. The number of benzene rings is 1. The second-order valence-electron chi connectivity index (χ2n) is 4.75. The summed E-state index contributed by atoms with van der Waals surface area (Å²) in [6.07, 6.45) is 5.84. The summed E-state index contributed by atoms with van der Waals surface area (Å²) in [5, 5.41) is 3.48. The molecule has 2 aromatic rings. The molecule has 19 heavy (non-hydrogen) atoms. The lowest BCUT2D eigenvalue weighted by atomic mass is 9.97. The van der Waals surface area contributed by atoms with Crippen molar-refractivity contribution in [3.05, 3.63) is 47.5 Å². The Hall–Kier alpha value is -1.81. The summed E-state index contributed by atoms with van der Waals surface area (Å²) in [7, 11) is 0. The third kappa shape index (κ3) is 2.36. The third-order valence-corrected chi connectivity index (χ3v) is 3.48. The number of H-pyrrole nitrogens is 1. The number of imidazole rings is 1. The maximum atomic E-state index is 5.90. The summed E-state index contributed by atoms with van der Waals surface area (Å²) in [4.78, 5) is 7.59. The Bertz CT molecular complexity index is 536. The van der Waals surface area contributed by atoms with Crippen LogP contribution < -0.4 is 10.1 Å². The van der Waals surface area contributed by atoms with Crippen LogP contribution in [-0.2, 0) is 6.42 Å². The van der Waals surface area contributed by atoms with E-state index in [1.807, 2.05) is 6.20 Å². The summed E-state index contributed by atoms with van der Waals surface area (Å²) in [6.45, 7) is 3.79. The number of fused-ring (bicyclic) bond motifs is 1. The molecule has 4 heteroatoms. The number of para-hydroxylation sites is 1. The fourth-order valence-electron chi connectivity index (χ4n) is 2.64. The van der Waals surface area contributed by atoms with Crippen LogP contribution in [-0.4, -0.2) is 23.1 Å². The van der Waals surface area contributed by atoms with Gasteiger partial charge in [-0.25, -0.2) is 4.98 Å². The predicted octanol–water partition coefficient (Wildman–Crippen LogP) is 2.43. The summed E-state index contributed by atoms with van der Waals surface area (Å²) in [5.41, 5.74) is 2.48. The van der Waals surface area contributed by atoms with Crippen molar-refractivity contribution in [2.75, 3.05) is 13.2 Å². The predicted molar refractivity (Wildman–Crippen MR) is 74.4 cm³/mol. The third-order valence-electron chi connectivity index (χ3n) is 3.48. The van der Waals surface area contributed by atoms with Gasteiger partial charge in [0.25, 0.3) is 0 Å². The van der Waals surface area contributed by atoms with Crippen molar-refractivity contribution >= 4 is 0 Å². The van der Waals surface area contributed by atoms with E-state index in [1.54, 1.807) is 6.20 Å². The Morgan fingerprint density at radius 2 is 2.42 bits per heavy atom. The molecular weight excluding hydrogens is 238 g/mol. The van der Waals surface area contributed by atoms with Crippen molar-refractivity contribution in [2.24, 2.45) is 0 Å². The number of ether oxygens (including phenoxy) is 1. The molecule has 0 saturated heterocycles. The molecule has 0 radical (unpaired) electrons. The van der Waals surface area contributed by atoms with Crippen LogP contribution in [0.2, 0.25) is 0 Å². The minimum Gasteiger partial charge on any atom is -0.493 e. The van der Waals surface area contributed by atoms with Gasteiger partial charge < -0.3 is 15.0 Å². The van der Waals surface area contributed by atoms with Crippen LogP contribution >= 0.6 is 0 Å². The van der Waals surface area contributed by atoms with Gasteiger partial charge in [0.1, 0.15) is 11.6 Å². The first kappa shape index (κ1) is 12.2. The molecule has 1 unspecified atom stereocenters. The second kappa shape index (κ2) is 5.45. The van der Waals surface area contributed by atoms with Crippen molar-refractivity contribution in [3.8, 4) is 5.75 Å². The highest BCUT2D eigenvalue weighted by atomic mass is 16.5. The Labute approximate surface area is 113 Å². The Balaban J connectivity index is 2.03. The Morgan fingerprint density at radius 3 is 3.21 bits per heavy atom. The highest BCUT2D eigenvalue weighted by molar-refractivity contribution is 5.46. The van der Waals surface area contributed by atoms with E-state index >= 15 is 0 Å². The molecule has 1 aromatic heterocycles. The van der Waals surface area contributed by atoms with E-state index in [-0.39, 0.29) is 6.04 Å². The van der Waals surface area contributed by atoms with Gasteiger partial charge in [0.15, 0.2) is 0 Å². The largest absolute Gasteiger partial charge is 0.493 e. The van der Waals surface area contributed by atoms with Crippen LogP contribution in [0.25, 0.3) is 0 Å². The Kier molecular flexibility index (Phi) is 3.51. The average Bonchev–Trinajstić information content (AvgIpc) is 2.98. The van der Waals surface area contributed by atoms with Crippen LogP contribution in [0.3, 0.4) is 0 Å². The molecule has 100 valence electrons. The van der Waals surface area contributed by atoms with Crippen molar-refractivity contribution in [1.82, 2.24) is 15.3 Å². The van der Waals surface area contributed by atoms with Crippen LogP contribution in [0.15, 0.2) is 30.6 Å². The molecule has 1 atom stereocenters. The first-order chi connectivity index (χ1) is 9.40. The molecule has 4 nitrogen and oxygen atoms in total. The summed E-state index contributed by atoms with van der Waals surface area (Å²) >= 11 is 0. The number of aromatic amines is 1. The maximum Gasteiger partial charge on any atom is 0.127 e. The number of aromatic nitrogens is 2. The number of nitrogens with one attached hydrogen (secondary N) is 2. The Morgan fingerprint density at radius 1 is 1.47 bits per heavy atom. The van der Waals surface area contributed by atoms with Crippen LogP contribution in [0.5, 0.6) is 5.75 Å². The molecule has 3 rings (SSSR count). The molecule has 0 bridgehead atoms. The molecule has 1 aliphatic heterocycles. The number of hydrogen-bond acceptors (Lipinski definition) is 3. The number of hydrogen-bond donors (Lipinski definition) is 2. The van der Waals surface area contributed by atoms with E-state index in [0.29, 0.717) is 0 Å². The summed E-state index contributed by atoms with van der Waals surface area (Å²) < 4.78 is 5.90. The van der Waals surface area contributed by atoms with Crippen LogP contribution in [0.4, 0.5) is 0 Å². The van der Waals surface area contributed by atoms with E-state index in [0.717, 1.165) is 37.6 Å². The molecule has 0 fully saturated rings. The fourth-order valence-corrected chi connectivity index (χ4v) is 2.64. The van der Waals surface area contributed by atoms with Crippen molar-refractivity contribution < 1.29 is 4.74 Å². The van der Waals surface area contributed by atoms with Crippen molar-refractivity contribution in [3.63, 3.8) is 0 Å². The zero-order chi connectivity index (χ0) is 13.1. The maximum absolute atomic E-state index is 5.90. The highest BCUT2D eigenvalue weighted by Gasteiger charge is 2.23. The first-order valence-electron chi connectivity index (χ1n) is 6.87. The zero-order valence-electron chi connectivity index (χ0n) is 11.1. The van der Waals surface area contributed by atoms with E-state index in [1.165, 1.54) is 11.1 Å². The average molecular weight is 257 g/mol. The monoisotopic (exact) mass is 257 g/mol. The molecular formula is C15H19N3O. The van der Waals surface area contributed by atoms with Crippen molar-refractivity contribution in [2.45, 2.75) is 25.8 Å². The van der Waals surface area contributed by atoms with Gasteiger partial charge in [-0.05, 0) is 24.9 Å². The van der Waals surface area contributed by atoms with Crippen LogP contribution in [0.1, 0.15) is 36.3 Å². The molecule has 0 saturated carbocycles. The molecule has 2 N–H and O–H groups in total. The lowest BCUT2D eigenvalue weighted by Gasteiger charge is -2.24. The van der Waals surface area contributed by atoms with Gasteiger partial charge in [-0.2, -0.15) is 0 Å². The lowest BCUT2D eigenvalue weighted by Crippen LogP contribution is -2.25. The van der Waals surface area contributed by atoms with Gasteiger partial charge in [-0.15, -0.1) is 0 Å². The highest BCUT2D eigenvalue weighted by Crippen LogP contribution is 2.34. The van der Waals surface area contributed by atoms with Crippen LogP contribution in [0, 0.1) is 0 Å². The second-order valence-corrected chi connectivity index (χ2v) is 4.75. The van der Waals surface area contributed by atoms with E-state index in [2.05, 4.69) is 40.4 Å². The normalized spacial score (nSPS) is 15.6. The number of nitrogens with zero attached hydrogens (tertiary/aromatic N) is 1. The molecule has 0 aliphatic carbocycles. The van der Waals surface area contributed by atoms with Gasteiger partial charge in [0.05, 0.1) is 12.6 Å². The molecule has 0 amide bonds. The number of aryl methyl sites for hydroxylation is 1. The lowest BCUT2D eigenvalue weighted by molar-refractivity contribution is 0.283. The summed E-state index contributed by atoms with van der Waals surface area (Å²) in [6, 6.07) is 6.45. The smallest absolute Gasteiger partial charge is 0.127 e. The van der Waals surface area contributed by atoms with Gasteiger partial charge in [0, 0.05) is 18.0 Å². The molecule has 1 aliphatic rings. The van der Waals surface area contributed by atoms with Gasteiger partial charge in [0.2, 0.25) is 0 Å². The van der Waals surface area contributed by atoms with E-state index < -0.39 is 0 Å². The van der Waals surface area contributed by atoms with Gasteiger partial charge in [-0.1, -0.05) is 25.1 Å². The number of rotatable bonds is 4. The molecule has 0 spiro atoms. The SMILES string of the molecule is CCNC(c1ncc[nH]1)c1cccc2c1OCCC2. The van der Waals surface area contributed by atoms with E-state index in [4.69, 9.17) is 4.74 Å². The topological polar surface area (TPSA) is 49.9 Å². The molecule has 1 aromatic carbocycles. The quantitative estimate of drug-likeness (QED) is 0.884. The minimum atomic E-state index is 0.0630. The minimum absolute atomic E-state index is 0.0630.